The van der Waals surface area contributed by atoms with Gasteiger partial charge in [-0.1, -0.05) is 12.1 Å². The zero-order chi connectivity index (χ0) is 19.0. The molecule has 0 radical (unpaired) electrons. The number of hydrogen-bond acceptors (Lipinski definition) is 5. The Kier molecular flexibility index (Phi) is 5.01. The highest BCUT2D eigenvalue weighted by atomic mass is 16.6. The summed E-state index contributed by atoms with van der Waals surface area (Å²) in [5.41, 5.74) is 1.02. The molecule has 1 aromatic rings. The Morgan fingerprint density at radius 1 is 1.19 bits per heavy atom. The highest BCUT2D eigenvalue weighted by molar-refractivity contribution is 5.76. The molecule has 8 heteroatoms. The van der Waals surface area contributed by atoms with Gasteiger partial charge in [0.2, 0.25) is 0 Å². The molecule has 8 nitrogen and oxygen atoms in total. The number of piperidine rings is 2. The molecule has 2 unspecified atom stereocenters. The van der Waals surface area contributed by atoms with E-state index in [0.717, 1.165) is 37.8 Å². The van der Waals surface area contributed by atoms with Crippen molar-refractivity contribution in [3.63, 3.8) is 0 Å². The van der Waals surface area contributed by atoms with Crippen LogP contribution < -0.4 is 10.6 Å². The number of benzene rings is 1. The lowest BCUT2D eigenvalue weighted by molar-refractivity contribution is -0.384. The summed E-state index contributed by atoms with van der Waals surface area (Å²) in [6.07, 6.45) is 4.80. The number of non-ortho nitro benzene ring substituents is 1. The van der Waals surface area contributed by atoms with Crippen LogP contribution in [0.15, 0.2) is 24.3 Å². The Bertz CT molecular complexity index is 696. The number of nitro groups is 1. The molecule has 0 aromatic heterocycles. The van der Waals surface area contributed by atoms with Crippen molar-refractivity contribution in [3.8, 4) is 0 Å². The first-order valence-corrected chi connectivity index (χ1v) is 9.77. The third kappa shape index (κ3) is 3.64. The summed E-state index contributed by atoms with van der Waals surface area (Å²) in [6, 6.07) is 6.66. The Hall–Kier alpha value is -2.19. The van der Waals surface area contributed by atoms with E-state index in [1.165, 1.54) is 12.1 Å². The molecule has 5 atom stereocenters. The van der Waals surface area contributed by atoms with E-state index < -0.39 is 4.92 Å². The zero-order valence-electron chi connectivity index (χ0n) is 15.2. The number of nitrogens with one attached hydrogen (secondary N) is 2. The number of hydrogen-bond donors (Lipinski definition) is 3. The van der Waals surface area contributed by atoms with E-state index in [1.54, 1.807) is 12.1 Å². The summed E-state index contributed by atoms with van der Waals surface area (Å²) in [7, 11) is 0. The molecule has 3 N–H and O–H groups in total. The third-order valence-electron chi connectivity index (χ3n) is 6.17. The number of urea groups is 1. The molecule has 2 bridgehead atoms. The number of nitrogens with zero attached hydrogens (tertiary/aromatic N) is 2. The van der Waals surface area contributed by atoms with Gasteiger partial charge in [0.15, 0.2) is 0 Å². The van der Waals surface area contributed by atoms with Gasteiger partial charge in [-0.2, -0.15) is 0 Å². The quantitative estimate of drug-likeness (QED) is 0.555. The first-order valence-electron chi connectivity index (χ1n) is 9.77. The molecule has 0 spiro atoms. The van der Waals surface area contributed by atoms with Crippen LogP contribution in [-0.4, -0.2) is 51.7 Å². The highest BCUT2D eigenvalue weighted by Crippen LogP contribution is 2.36. The van der Waals surface area contributed by atoms with Gasteiger partial charge in [0, 0.05) is 24.2 Å². The minimum atomic E-state index is -0.405. The average molecular weight is 374 g/mol. The van der Waals surface area contributed by atoms with Crippen molar-refractivity contribution in [3.05, 3.63) is 39.9 Å². The number of carbonyl (C=O) groups excluding carboxylic acids is 1. The van der Waals surface area contributed by atoms with E-state index >= 15 is 0 Å². The van der Waals surface area contributed by atoms with Crippen LogP contribution in [0.25, 0.3) is 0 Å². The summed E-state index contributed by atoms with van der Waals surface area (Å²) in [4.78, 5) is 25.4. The van der Waals surface area contributed by atoms with E-state index in [2.05, 4.69) is 10.6 Å². The van der Waals surface area contributed by atoms with Crippen LogP contribution in [0.4, 0.5) is 10.5 Å². The lowest BCUT2D eigenvalue weighted by Crippen LogP contribution is -2.56. The van der Waals surface area contributed by atoms with Crippen molar-refractivity contribution in [1.29, 1.82) is 0 Å². The van der Waals surface area contributed by atoms with Gasteiger partial charge in [0.25, 0.3) is 5.69 Å². The predicted molar refractivity (Wildman–Crippen MR) is 99.3 cm³/mol. The first kappa shape index (κ1) is 18.2. The molecule has 3 fully saturated rings. The molecular weight excluding hydrogens is 348 g/mol. The van der Waals surface area contributed by atoms with Crippen LogP contribution in [0.1, 0.15) is 50.1 Å². The number of aliphatic hydroxyl groups excluding tert-OH is 1. The Morgan fingerprint density at radius 2 is 1.85 bits per heavy atom. The van der Waals surface area contributed by atoms with Gasteiger partial charge in [0.05, 0.1) is 23.1 Å². The largest absolute Gasteiger partial charge is 0.393 e. The van der Waals surface area contributed by atoms with Crippen LogP contribution in [0.3, 0.4) is 0 Å². The van der Waals surface area contributed by atoms with Crippen molar-refractivity contribution < 1.29 is 14.8 Å². The highest BCUT2D eigenvalue weighted by Gasteiger charge is 2.43. The predicted octanol–water partition coefficient (Wildman–Crippen LogP) is 2.09. The maximum absolute atomic E-state index is 13.0. The number of rotatable bonds is 3. The summed E-state index contributed by atoms with van der Waals surface area (Å²) in [6.45, 7) is 0.856. The van der Waals surface area contributed by atoms with Gasteiger partial charge in [0.1, 0.15) is 0 Å². The molecule has 3 heterocycles. The van der Waals surface area contributed by atoms with E-state index in [4.69, 9.17) is 0 Å². The van der Waals surface area contributed by atoms with Gasteiger partial charge in [-0.05, 0) is 50.6 Å². The van der Waals surface area contributed by atoms with E-state index in [9.17, 15) is 20.0 Å². The molecule has 146 valence electrons. The normalized spacial score (nSPS) is 32.9. The standard InChI is InChI=1S/C19H26N4O4/c24-16-10-14-7-8-15(11-16)22(14)19(25)21-17-2-1-9-20-18(17)12-3-5-13(6-4-12)23(26)27/h3-6,14-18,20,24H,1-2,7-11H2,(H,21,25)/t14-,15+,16?,17-,18?/m0/s1. The minimum Gasteiger partial charge on any atom is -0.393 e. The Balaban J connectivity index is 1.46. The van der Waals surface area contributed by atoms with Gasteiger partial charge in [-0.3, -0.25) is 10.1 Å². The molecule has 27 heavy (non-hydrogen) atoms. The molecule has 3 saturated heterocycles. The molecule has 3 aliphatic rings. The first-order chi connectivity index (χ1) is 13.0. The fourth-order valence-electron chi connectivity index (χ4n) is 4.91. The van der Waals surface area contributed by atoms with Crippen LogP contribution >= 0.6 is 0 Å². The van der Waals surface area contributed by atoms with Gasteiger partial charge >= 0.3 is 6.03 Å². The van der Waals surface area contributed by atoms with Crippen LogP contribution in [0.5, 0.6) is 0 Å². The molecule has 1 aromatic carbocycles. The lowest BCUT2D eigenvalue weighted by Gasteiger charge is -2.40. The van der Waals surface area contributed by atoms with Crippen LogP contribution in [0, 0.1) is 10.1 Å². The lowest BCUT2D eigenvalue weighted by atomic mass is 9.92. The summed E-state index contributed by atoms with van der Waals surface area (Å²) >= 11 is 0. The smallest absolute Gasteiger partial charge is 0.318 e. The monoisotopic (exact) mass is 374 g/mol. The molecule has 4 rings (SSSR count). The van der Waals surface area contributed by atoms with Crippen molar-refractivity contribution >= 4 is 11.7 Å². The molecule has 2 amide bonds. The second-order valence-electron chi connectivity index (χ2n) is 7.90. The summed E-state index contributed by atoms with van der Waals surface area (Å²) in [5, 5.41) is 27.5. The van der Waals surface area contributed by atoms with E-state index in [-0.39, 0.29) is 42.0 Å². The summed E-state index contributed by atoms with van der Waals surface area (Å²) < 4.78 is 0. The number of amides is 2. The van der Waals surface area contributed by atoms with E-state index in [1.807, 2.05) is 4.90 Å². The number of nitro benzene ring substituents is 1. The second-order valence-corrected chi connectivity index (χ2v) is 7.90. The fraction of sp³-hybridized carbons (Fsp3) is 0.632. The van der Waals surface area contributed by atoms with Gasteiger partial charge in [-0.25, -0.2) is 4.79 Å². The van der Waals surface area contributed by atoms with Gasteiger partial charge in [-0.15, -0.1) is 0 Å². The van der Waals surface area contributed by atoms with E-state index in [0.29, 0.717) is 12.8 Å². The maximum atomic E-state index is 13.0. The minimum absolute atomic E-state index is 0.0463. The van der Waals surface area contributed by atoms with Crippen LogP contribution in [0.2, 0.25) is 0 Å². The average Bonchev–Trinajstić information content (AvgIpc) is 2.94. The fourth-order valence-corrected chi connectivity index (χ4v) is 4.91. The second kappa shape index (κ2) is 7.44. The SMILES string of the molecule is O=C(N[C@H]1CCCNC1c1ccc([N+](=O)[O-])cc1)N1[C@@H]2CC[C@H]1CC(O)C2. The number of aliphatic hydroxyl groups is 1. The van der Waals surface area contributed by atoms with Crippen LogP contribution in [-0.2, 0) is 0 Å². The zero-order valence-corrected chi connectivity index (χ0v) is 15.2. The molecule has 0 aliphatic carbocycles. The molecule has 0 saturated carbocycles. The maximum Gasteiger partial charge on any atom is 0.318 e. The van der Waals surface area contributed by atoms with Crippen molar-refractivity contribution in [1.82, 2.24) is 15.5 Å². The number of carbonyl (C=O) groups is 1. The van der Waals surface area contributed by atoms with Crippen molar-refractivity contribution in [2.24, 2.45) is 0 Å². The van der Waals surface area contributed by atoms with Gasteiger partial charge < -0.3 is 20.6 Å². The van der Waals surface area contributed by atoms with Crippen molar-refractivity contribution in [2.45, 2.75) is 68.8 Å². The summed E-state index contributed by atoms with van der Waals surface area (Å²) in [5.74, 6) is 0. The molecule has 3 aliphatic heterocycles. The Morgan fingerprint density at radius 3 is 2.48 bits per heavy atom. The van der Waals surface area contributed by atoms with Crippen molar-refractivity contribution in [2.75, 3.05) is 6.54 Å². The number of fused-ring (bicyclic) bond motifs is 2. The topological polar surface area (TPSA) is 108 Å². The third-order valence-corrected chi connectivity index (χ3v) is 6.17. The Labute approximate surface area is 158 Å². The molecular formula is C19H26N4O4.